The van der Waals surface area contributed by atoms with E-state index in [0.717, 1.165) is 12.1 Å². The van der Waals surface area contributed by atoms with Gasteiger partial charge >= 0.3 is 0 Å². The van der Waals surface area contributed by atoms with E-state index in [1.54, 1.807) is 19.1 Å². The third-order valence-corrected chi connectivity index (χ3v) is 3.53. The Morgan fingerprint density at radius 2 is 1.48 bits per heavy atom. The summed E-state index contributed by atoms with van der Waals surface area (Å²) in [5.41, 5.74) is 1.46. The van der Waals surface area contributed by atoms with Crippen LogP contribution in [0.4, 0.5) is 8.78 Å². The maximum absolute atomic E-state index is 14.3. The molecular formula is C18H11F2N3. The average Bonchev–Trinajstić information content (AvgIpc) is 2.56. The fourth-order valence-corrected chi connectivity index (χ4v) is 2.54. The predicted molar refractivity (Wildman–Crippen MR) is 82.3 cm³/mol. The molecule has 0 amide bonds. The van der Waals surface area contributed by atoms with Crippen molar-refractivity contribution in [2.75, 3.05) is 0 Å². The van der Waals surface area contributed by atoms with Gasteiger partial charge in [-0.1, -0.05) is 36.4 Å². The van der Waals surface area contributed by atoms with Gasteiger partial charge in [0.15, 0.2) is 5.69 Å². The second kappa shape index (κ2) is 5.93. The highest BCUT2D eigenvalue weighted by Gasteiger charge is 2.22. The van der Waals surface area contributed by atoms with Gasteiger partial charge in [-0.15, -0.1) is 5.10 Å². The molecule has 0 spiro atoms. The van der Waals surface area contributed by atoms with Crippen LogP contribution in [-0.4, -0.2) is 10.2 Å². The number of nitriles is 1. The molecule has 3 rings (SSSR count). The summed E-state index contributed by atoms with van der Waals surface area (Å²) < 4.78 is 28.6. The number of hydrogen-bond acceptors (Lipinski definition) is 3. The lowest BCUT2D eigenvalue weighted by Gasteiger charge is -2.14. The summed E-state index contributed by atoms with van der Waals surface area (Å²) >= 11 is 0. The zero-order chi connectivity index (χ0) is 16.4. The highest BCUT2D eigenvalue weighted by atomic mass is 19.1. The molecule has 0 N–H and O–H groups in total. The number of rotatable bonds is 2. The molecule has 0 unspecified atom stereocenters. The largest absolute Gasteiger partial charge is 0.206 e. The first-order valence-corrected chi connectivity index (χ1v) is 6.90. The van der Waals surface area contributed by atoms with Crippen LogP contribution in [0.15, 0.2) is 48.5 Å². The molecule has 2 aromatic carbocycles. The van der Waals surface area contributed by atoms with Crippen LogP contribution >= 0.6 is 0 Å². The zero-order valence-corrected chi connectivity index (χ0v) is 12.2. The smallest absolute Gasteiger partial charge is 0.171 e. The van der Waals surface area contributed by atoms with Crippen LogP contribution in [0.1, 0.15) is 11.4 Å². The molecular weight excluding hydrogens is 296 g/mol. The lowest BCUT2D eigenvalue weighted by atomic mass is 9.92. The molecule has 0 saturated heterocycles. The van der Waals surface area contributed by atoms with Gasteiger partial charge < -0.3 is 0 Å². The quantitative estimate of drug-likeness (QED) is 0.710. The van der Waals surface area contributed by atoms with Gasteiger partial charge in [0.05, 0.1) is 11.3 Å². The molecule has 0 fully saturated rings. The van der Waals surface area contributed by atoms with Crippen molar-refractivity contribution < 1.29 is 8.78 Å². The fourth-order valence-electron chi connectivity index (χ4n) is 2.54. The van der Waals surface area contributed by atoms with E-state index in [1.165, 1.54) is 6.07 Å². The monoisotopic (exact) mass is 307 g/mol. The Kier molecular flexibility index (Phi) is 3.82. The van der Waals surface area contributed by atoms with E-state index in [9.17, 15) is 14.0 Å². The first kappa shape index (κ1) is 14.8. The van der Waals surface area contributed by atoms with Crippen molar-refractivity contribution in [1.29, 1.82) is 5.26 Å². The third-order valence-electron chi connectivity index (χ3n) is 3.53. The Morgan fingerprint density at radius 3 is 2.09 bits per heavy atom. The Hall–Kier alpha value is -3.13. The molecule has 23 heavy (non-hydrogen) atoms. The van der Waals surface area contributed by atoms with Gasteiger partial charge in [-0.2, -0.15) is 10.4 Å². The highest BCUT2D eigenvalue weighted by Crippen LogP contribution is 2.37. The second-order valence-corrected chi connectivity index (χ2v) is 4.96. The molecule has 0 saturated carbocycles. The molecule has 0 bridgehead atoms. The Morgan fingerprint density at radius 1 is 0.826 bits per heavy atom. The first-order chi connectivity index (χ1) is 11.1. The summed E-state index contributed by atoms with van der Waals surface area (Å²) in [7, 11) is 0. The Balaban J connectivity index is 2.45. The molecule has 1 heterocycles. The zero-order valence-electron chi connectivity index (χ0n) is 12.2. The van der Waals surface area contributed by atoms with Crippen LogP contribution < -0.4 is 0 Å². The molecule has 0 aliphatic carbocycles. The Bertz CT molecular complexity index is 895. The fraction of sp³-hybridized carbons (Fsp3) is 0.0556. The summed E-state index contributed by atoms with van der Waals surface area (Å²) in [5.74, 6) is -1.49. The van der Waals surface area contributed by atoms with Gasteiger partial charge in [0.25, 0.3) is 0 Å². The summed E-state index contributed by atoms with van der Waals surface area (Å²) in [5, 5.41) is 17.1. The van der Waals surface area contributed by atoms with Crippen molar-refractivity contribution in [3.05, 3.63) is 71.6 Å². The summed E-state index contributed by atoms with van der Waals surface area (Å²) in [6.07, 6.45) is 0. The van der Waals surface area contributed by atoms with Crippen molar-refractivity contribution >= 4 is 0 Å². The van der Waals surface area contributed by atoms with E-state index in [4.69, 9.17) is 0 Å². The number of benzene rings is 2. The standard InChI is InChI=1S/C18H11F2N3/c1-11-16(12-6-3-2-4-7-12)18(15(10-21)23-22-11)17-13(19)8-5-9-14(17)20/h2-9H,1H3. The van der Waals surface area contributed by atoms with E-state index in [-0.39, 0.29) is 16.8 Å². The molecule has 3 nitrogen and oxygen atoms in total. The maximum Gasteiger partial charge on any atom is 0.171 e. The van der Waals surface area contributed by atoms with Crippen molar-refractivity contribution in [1.82, 2.24) is 10.2 Å². The van der Waals surface area contributed by atoms with Crippen LogP contribution in [0.2, 0.25) is 0 Å². The summed E-state index contributed by atoms with van der Waals surface area (Å²) in [6.45, 7) is 1.69. The molecule has 112 valence electrons. The van der Waals surface area contributed by atoms with Crippen molar-refractivity contribution in [3.8, 4) is 28.3 Å². The van der Waals surface area contributed by atoms with Crippen LogP contribution in [0.25, 0.3) is 22.3 Å². The number of nitrogens with zero attached hydrogens (tertiary/aromatic N) is 3. The minimum absolute atomic E-state index is 0.113. The average molecular weight is 307 g/mol. The summed E-state index contributed by atoms with van der Waals surface area (Å²) in [4.78, 5) is 0. The van der Waals surface area contributed by atoms with E-state index in [1.807, 2.05) is 24.3 Å². The lowest BCUT2D eigenvalue weighted by Crippen LogP contribution is -2.03. The molecule has 5 heteroatoms. The SMILES string of the molecule is Cc1nnc(C#N)c(-c2c(F)cccc2F)c1-c1ccccc1. The minimum Gasteiger partial charge on any atom is -0.206 e. The predicted octanol–water partition coefficient (Wildman–Crippen LogP) is 4.27. The molecule has 0 aliphatic heterocycles. The Labute approximate surface area is 131 Å². The van der Waals surface area contributed by atoms with E-state index >= 15 is 0 Å². The van der Waals surface area contributed by atoms with Gasteiger partial charge in [0, 0.05) is 11.1 Å². The van der Waals surface area contributed by atoms with E-state index < -0.39 is 11.6 Å². The van der Waals surface area contributed by atoms with Gasteiger partial charge in [-0.05, 0) is 24.6 Å². The topological polar surface area (TPSA) is 49.6 Å². The highest BCUT2D eigenvalue weighted by molar-refractivity contribution is 5.87. The molecule has 3 aromatic rings. The van der Waals surface area contributed by atoms with Gasteiger partial charge in [0.1, 0.15) is 17.7 Å². The summed E-state index contributed by atoms with van der Waals surface area (Å²) in [6, 6.07) is 14.5. The van der Waals surface area contributed by atoms with Crippen LogP contribution in [0.5, 0.6) is 0 Å². The number of aryl methyl sites for hydroxylation is 1. The number of hydrogen-bond donors (Lipinski definition) is 0. The first-order valence-electron chi connectivity index (χ1n) is 6.90. The van der Waals surface area contributed by atoms with Crippen molar-refractivity contribution in [2.45, 2.75) is 6.92 Å². The molecule has 0 atom stereocenters. The molecule has 0 aliphatic rings. The van der Waals surface area contributed by atoms with Crippen molar-refractivity contribution in [3.63, 3.8) is 0 Å². The van der Waals surface area contributed by atoms with E-state index in [0.29, 0.717) is 16.8 Å². The molecule has 1 aromatic heterocycles. The maximum atomic E-state index is 14.3. The number of halogens is 2. The van der Waals surface area contributed by atoms with Gasteiger partial charge in [0.2, 0.25) is 0 Å². The lowest BCUT2D eigenvalue weighted by molar-refractivity contribution is 0.589. The van der Waals surface area contributed by atoms with Crippen LogP contribution in [0, 0.1) is 29.9 Å². The third kappa shape index (κ3) is 2.55. The minimum atomic E-state index is -0.744. The number of aromatic nitrogens is 2. The van der Waals surface area contributed by atoms with Crippen LogP contribution in [-0.2, 0) is 0 Å². The van der Waals surface area contributed by atoms with Gasteiger partial charge in [-0.25, -0.2) is 8.78 Å². The van der Waals surface area contributed by atoms with E-state index in [2.05, 4.69) is 10.2 Å². The second-order valence-electron chi connectivity index (χ2n) is 4.96. The van der Waals surface area contributed by atoms with Crippen molar-refractivity contribution in [2.24, 2.45) is 0 Å². The van der Waals surface area contributed by atoms with Gasteiger partial charge in [-0.3, -0.25) is 0 Å². The normalized spacial score (nSPS) is 10.3. The molecule has 0 radical (unpaired) electrons. The van der Waals surface area contributed by atoms with Crippen LogP contribution in [0.3, 0.4) is 0 Å².